The summed E-state index contributed by atoms with van der Waals surface area (Å²) in [7, 11) is 1.74. The molecular weight excluding hydrogens is 166 g/mol. The summed E-state index contributed by atoms with van der Waals surface area (Å²) < 4.78 is 1.56. The first kappa shape index (κ1) is 8.04. The summed E-state index contributed by atoms with van der Waals surface area (Å²) in [5.74, 6) is 0.779. The van der Waals surface area contributed by atoms with Crippen molar-refractivity contribution in [2.75, 3.05) is 0 Å². The summed E-state index contributed by atoms with van der Waals surface area (Å²) in [6, 6.07) is 0. The zero-order chi connectivity index (χ0) is 9.59. The van der Waals surface area contributed by atoms with E-state index in [2.05, 4.69) is 9.97 Å². The third kappa shape index (κ3) is 1.06. The lowest BCUT2D eigenvalue weighted by Gasteiger charge is -1.98. The molecule has 0 unspecified atom stereocenters. The molecule has 4 heteroatoms. The van der Waals surface area contributed by atoms with Crippen LogP contribution >= 0.6 is 0 Å². The van der Waals surface area contributed by atoms with Gasteiger partial charge in [0, 0.05) is 13.2 Å². The minimum absolute atomic E-state index is 0.0267. The Bertz CT molecular complexity index is 521. The number of hydrogen-bond donors (Lipinski definition) is 1. The molecule has 0 fully saturated rings. The van der Waals surface area contributed by atoms with E-state index < -0.39 is 0 Å². The number of rotatable bonds is 0. The number of imidazole rings is 1. The third-order valence-corrected chi connectivity index (χ3v) is 2.12. The van der Waals surface area contributed by atoms with Gasteiger partial charge in [-0.2, -0.15) is 0 Å². The van der Waals surface area contributed by atoms with Gasteiger partial charge in [-0.15, -0.1) is 0 Å². The molecule has 0 radical (unpaired) electrons. The van der Waals surface area contributed by atoms with E-state index in [0.717, 1.165) is 16.9 Å². The van der Waals surface area contributed by atoms with Crippen molar-refractivity contribution in [1.82, 2.24) is 14.5 Å². The summed E-state index contributed by atoms with van der Waals surface area (Å²) >= 11 is 0. The predicted molar refractivity (Wildman–Crippen MR) is 50.8 cm³/mol. The first-order valence-electron chi connectivity index (χ1n) is 4.12. The van der Waals surface area contributed by atoms with E-state index in [0.29, 0.717) is 5.52 Å². The highest BCUT2D eigenvalue weighted by Crippen LogP contribution is 2.10. The van der Waals surface area contributed by atoms with Crippen LogP contribution in [0.4, 0.5) is 0 Å². The number of aryl methyl sites for hydroxylation is 3. The number of nitrogens with zero attached hydrogens (tertiary/aromatic N) is 2. The molecule has 2 aromatic heterocycles. The molecule has 2 rings (SSSR count). The topological polar surface area (TPSA) is 50.7 Å². The van der Waals surface area contributed by atoms with Crippen LogP contribution in [0, 0.1) is 13.8 Å². The van der Waals surface area contributed by atoms with Gasteiger partial charge in [0.25, 0.3) is 5.56 Å². The number of fused-ring (bicyclic) bond motifs is 1. The lowest BCUT2D eigenvalue weighted by molar-refractivity contribution is 0.863. The molecule has 0 aliphatic rings. The number of H-pyrrole nitrogens is 1. The Kier molecular flexibility index (Phi) is 1.52. The second-order valence-corrected chi connectivity index (χ2v) is 3.27. The summed E-state index contributed by atoms with van der Waals surface area (Å²) in [5, 5.41) is 0. The summed E-state index contributed by atoms with van der Waals surface area (Å²) in [6.07, 6.45) is 1.80. The van der Waals surface area contributed by atoms with Crippen molar-refractivity contribution >= 4 is 11.0 Å². The first-order chi connectivity index (χ1) is 6.09. The van der Waals surface area contributed by atoms with Gasteiger partial charge in [-0.3, -0.25) is 4.79 Å². The zero-order valence-electron chi connectivity index (χ0n) is 7.88. The van der Waals surface area contributed by atoms with Crippen LogP contribution in [-0.2, 0) is 7.05 Å². The SMILES string of the molecule is Cc1nc2c(C)cn(C)c(=O)c2[nH]1. The highest BCUT2D eigenvalue weighted by Gasteiger charge is 2.07. The quantitative estimate of drug-likeness (QED) is 0.649. The van der Waals surface area contributed by atoms with Crippen molar-refractivity contribution in [1.29, 1.82) is 0 Å². The maximum atomic E-state index is 11.6. The summed E-state index contributed by atoms with van der Waals surface area (Å²) in [6.45, 7) is 3.79. The molecule has 0 aliphatic carbocycles. The highest BCUT2D eigenvalue weighted by atomic mass is 16.1. The fourth-order valence-electron chi connectivity index (χ4n) is 1.52. The van der Waals surface area contributed by atoms with Gasteiger partial charge in [0.1, 0.15) is 11.3 Å². The van der Waals surface area contributed by atoms with Gasteiger partial charge in [-0.05, 0) is 19.4 Å². The van der Waals surface area contributed by atoms with Gasteiger partial charge in [0.05, 0.1) is 5.52 Å². The lowest BCUT2D eigenvalue weighted by Crippen LogP contribution is -2.16. The van der Waals surface area contributed by atoms with E-state index in [9.17, 15) is 4.79 Å². The fourth-order valence-corrected chi connectivity index (χ4v) is 1.52. The van der Waals surface area contributed by atoms with Crippen molar-refractivity contribution in [3.63, 3.8) is 0 Å². The van der Waals surface area contributed by atoms with Crippen molar-refractivity contribution < 1.29 is 0 Å². The van der Waals surface area contributed by atoms with Crippen LogP contribution in [-0.4, -0.2) is 14.5 Å². The number of aromatic nitrogens is 3. The molecule has 2 heterocycles. The average Bonchev–Trinajstić information content (AvgIpc) is 2.44. The van der Waals surface area contributed by atoms with Crippen molar-refractivity contribution in [3.05, 3.63) is 27.9 Å². The van der Waals surface area contributed by atoms with Crippen molar-refractivity contribution in [3.8, 4) is 0 Å². The Morgan fingerprint density at radius 3 is 2.85 bits per heavy atom. The Morgan fingerprint density at radius 1 is 1.46 bits per heavy atom. The van der Waals surface area contributed by atoms with E-state index in [1.165, 1.54) is 0 Å². The largest absolute Gasteiger partial charge is 0.338 e. The fraction of sp³-hybridized carbons (Fsp3) is 0.333. The molecule has 0 atom stereocenters. The van der Waals surface area contributed by atoms with Gasteiger partial charge in [-0.1, -0.05) is 0 Å². The van der Waals surface area contributed by atoms with E-state index in [1.54, 1.807) is 17.8 Å². The molecule has 0 saturated heterocycles. The molecule has 68 valence electrons. The van der Waals surface area contributed by atoms with Crippen LogP contribution in [0.3, 0.4) is 0 Å². The van der Waals surface area contributed by atoms with E-state index in [-0.39, 0.29) is 5.56 Å². The molecular formula is C9H11N3O. The Morgan fingerprint density at radius 2 is 2.15 bits per heavy atom. The van der Waals surface area contributed by atoms with Gasteiger partial charge in [0.2, 0.25) is 0 Å². The van der Waals surface area contributed by atoms with Crippen molar-refractivity contribution in [2.24, 2.45) is 7.05 Å². The molecule has 0 spiro atoms. The second-order valence-electron chi connectivity index (χ2n) is 3.27. The van der Waals surface area contributed by atoms with Crippen LogP contribution in [0.2, 0.25) is 0 Å². The Hall–Kier alpha value is -1.58. The van der Waals surface area contributed by atoms with Crippen LogP contribution in [0.1, 0.15) is 11.4 Å². The minimum atomic E-state index is -0.0267. The van der Waals surface area contributed by atoms with Gasteiger partial charge in [0.15, 0.2) is 0 Å². The Balaban J connectivity index is 3.04. The summed E-state index contributed by atoms with van der Waals surface area (Å²) in [4.78, 5) is 18.8. The standard InChI is InChI=1S/C9H11N3O/c1-5-4-12(3)9(13)8-7(5)10-6(2)11-8/h4H,1-3H3,(H,10,11). The summed E-state index contributed by atoms with van der Waals surface area (Å²) in [5.41, 5.74) is 2.36. The maximum Gasteiger partial charge on any atom is 0.276 e. The number of hydrogen-bond acceptors (Lipinski definition) is 2. The van der Waals surface area contributed by atoms with Crippen molar-refractivity contribution in [2.45, 2.75) is 13.8 Å². The molecule has 0 aromatic carbocycles. The molecule has 0 aliphatic heterocycles. The Labute approximate surface area is 75.2 Å². The second kappa shape index (κ2) is 2.45. The minimum Gasteiger partial charge on any atom is -0.338 e. The molecule has 0 bridgehead atoms. The van der Waals surface area contributed by atoms with Crippen LogP contribution < -0.4 is 5.56 Å². The van der Waals surface area contributed by atoms with E-state index in [1.807, 2.05) is 13.8 Å². The smallest absolute Gasteiger partial charge is 0.276 e. The first-order valence-corrected chi connectivity index (χ1v) is 4.12. The monoisotopic (exact) mass is 177 g/mol. The molecule has 4 nitrogen and oxygen atoms in total. The van der Waals surface area contributed by atoms with Gasteiger partial charge in [-0.25, -0.2) is 4.98 Å². The van der Waals surface area contributed by atoms with E-state index >= 15 is 0 Å². The molecule has 13 heavy (non-hydrogen) atoms. The van der Waals surface area contributed by atoms with E-state index in [4.69, 9.17) is 0 Å². The predicted octanol–water partition coefficient (Wildman–Crippen LogP) is 0.878. The van der Waals surface area contributed by atoms with Crippen LogP contribution in [0.25, 0.3) is 11.0 Å². The van der Waals surface area contributed by atoms with Gasteiger partial charge >= 0.3 is 0 Å². The maximum absolute atomic E-state index is 11.6. The van der Waals surface area contributed by atoms with Crippen LogP contribution in [0.5, 0.6) is 0 Å². The highest BCUT2D eigenvalue weighted by molar-refractivity contribution is 5.77. The van der Waals surface area contributed by atoms with Gasteiger partial charge < -0.3 is 9.55 Å². The average molecular weight is 177 g/mol. The number of pyridine rings is 1. The zero-order valence-corrected chi connectivity index (χ0v) is 7.88. The van der Waals surface area contributed by atoms with Crippen LogP contribution in [0.15, 0.2) is 11.0 Å². The molecule has 0 saturated carbocycles. The number of aromatic amines is 1. The lowest BCUT2D eigenvalue weighted by atomic mass is 10.3. The number of nitrogens with one attached hydrogen (secondary N) is 1. The molecule has 1 N–H and O–H groups in total. The third-order valence-electron chi connectivity index (χ3n) is 2.12. The molecule has 2 aromatic rings. The normalized spacial score (nSPS) is 11.0. The molecule has 0 amide bonds.